The Balaban J connectivity index is 1.70. The van der Waals surface area contributed by atoms with Gasteiger partial charge in [0.1, 0.15) is 12.9 Å². The average molecular weight is 296 g/mol. The molecule has 0 fully saturated rings. The molecule has 22 heavy (non-hydrogen) atoms. The van der Waals surface area contributed by atoms with Crippen molar-refractivity contribution >= 4 is 29.2 Å². The fourth-order valence-corrected chi connectivity index (χ4v) is 1.98. The molecular weight excluding hydrogens is 284 g/mol. The highest BCUT2D eigenvalue weighted by atomic mass is 16.5. The van der Waals surface area contributed by atoms with Gasteiger partial charge in [0.2, 0.25) is 0 Å². The maximum Gasteiger partial charge on any atom is 0.413 e. The highest BCUT2D eigenvalue weighted by Gasteiger charge is 2.12. The lowest BCUT2D eigenvalue weighted by atomic mass is 10.2. The molecule has 1 amide bonds. The maximum absolute atomic E-state index is 11.8. The number of benzene rings is 2. The Labute approximate surface area is 125 Å². The second-order valence-corrected chi connectivity index (χ2v) is 4.59. The van der Waals surface area contributed by atoms with Crippen LogP contribution >= 0.6 is 0 Å². The Morgan fingerprint density at radius 1 is 1.23 bits per heavy atom. The van der Waals surface area contributed by atoms with Crippen LogP contribution in [0.5, 0.6) is 0 Å². The second-order valence-electron chi connectivity index (χ2n) is 4.59. The van der Waals surface area contributed by atoms with Crippen molar-refractivity contribution in [2.24, 2.45) is 0 Å². The third-order valence-corrected chi connectivity index (χ3v) is 3.06. The molecule has 6 heteroatoms. The third kappa shape index (κ3) is 2.95. The van der Waals surface area contributed by atoms with Crippen molar-refractivity contribution in [3.05, 3.63) is 59.7 Å². The van der Waals surface area contributed by atoms with Gasteiger partial charge in [0, 0.05) is 5.56 Å². The van der Waals surface area contributed by atoms with E-state index in [9.17, 15) is 9.59 Å². The predicted octanol–water partition coefficient (Wildman–Crippen LogP) is 3.39. The Morgan fingerprint density at radius 3 is 2.82 bits per heavy atom. The van der Waals surface area contributed by atoms with Gasteiger partial charge in [-0.25, -0.2) is 4.79 Å². The molecule has 1 aromatic heterocycles. The summed E-state index contributed by atoms with van der Waals surface area (Å²) in [6.07, 6.45) is 0.0692. The van der Waals surface area contributed by atoms with Crippen LogP contribution in [0.2, 0.25) is 0 Å². The molecule has 3 rings (SSSR count). The Hall–Kier alpha value is -3.15. The highest BCUT2D eigenvalue weighted by Crippen LogP contribution is 2.23. The normalized spacial score (nSPS) is 10.4. The second kappa shape index (κ2) is 6.09. The standard InChI is InChI=1S/C16H12N2O4/c19-9-12-6-7-14-13(8-12)15(18-22-14)17-16(20)21-10-11-4-2-1-3-5-11/h1-9H,10H2,(H,17,18,20). The monoisotopic (exact) mass is 296 g/mol. The molecule has 0 spiro atoms. The molecule has 0 aliphatic carbocycles. The van der Waals surface area contributed by atoms with Gasteiger partial charge >= 0.3 is 6.09 Å². The van der Waals surface area contributed by atoms with Gasteiger partial charge in [0.05, 0.1) is 5.39 Å². The number of anilines is 1. The van der Waals surface area contributed by atoms with Crippen molar-refractivity contribution in [2.45, 2.75) is 6.61 Å². The molecule has 0 saturated heterocycles. The van der Waals surface area contributed by atoms with Crippen molar-refractivity contribution < 1.29 is 18.8 Å². The molecule has 0 bridgehead atoms. The quantitative estimate of drug-likeness (QED) is 0.746. The highest BCUT2D eigenvalue weighted by molar-refractivity contribution is 5.98. The largest absolute Gasteiger partial charge is 0.444 e. The van der Waals surface area contributed by atoms with E-state index >= 15 is 0 Å². The van der Waals surface area contributed by atoms with Crippen LogP contribution < -0.4 is 5.32 Å². The summed E-state index contributed by atoms with van der Waals surface area (Å²) in [4.78, 5) is 22.6. The van der Waals surface area contributed by atoms with Crippen LogP contribution in [0.1, 0.15) is 15.9 Å². The number of hydrogen-bond acceptors (Lipinski definition) is 5. The molecular formula is C16H12N2O4. The van der Waals surface area contributed by atoms with E-state index in [1.807, 2.05) is 30.3 Å². The molecule has 0 radical (unpaired) electrons. The number of nitrogens with zero attached hydrogens (tertiary/aromatic N) is 1. The lowest BCUT2D eigenvalue weighted by Crippen LogP contribution is -2.13. The minimum absolute atomic E-state index is 0.155. The summed E-state index contributed by atoms with van der Waals surface area (Å²) in [6, 6.07) is 14.1. The fourth-order valence-electron chi connectivity index (χ4n) is 1.98. The van der Waals surface area contributed by atoms with Crippen LogP contribution in [0.4, 0.5) is 10.6 Å². The van der Waals surface area contributed by atoms with Gasteiger partial charge < -0.3 is 9.26 Å². The van der Waals surface area contributed by atoms with Gasteiger partial charge in [0.25, 0.3) is 0 Å². The summed E-state index contributed by atoms with van der Waals surface area (Å²) >= 11 is 0. The number of amides is 1. The van der Waals surface area contributed by atoms with Gasteiger partial charge in [-0.1, -0.05) is 35.5 Å². The first-order valence-electron chi connectivity index (χ1n) is 6.58. The van der Waals surface area contributed by atoms with E-state index in [0.717, 1.165) is 5.56 Å². The number of aldehydes is 1. The number of aromatic nitrogens is 1. The number of fused-ring (bicyclic) bond motifs is 1. The maximum atomic E-state index is 11.8. The van der Waals surface area contributed by atoms with E-state index in [2.05, 4.69) is 10.5 Å². The molecule has 2 aromatic carbocycles. The summed E-state index contributed by atoms with van der Waals surface area (Å²) in [7, 11) is 0. The van der Waals surface area contributed by atoms with Gasteiger partial charge in [-0.3, -0.25) is 10.1 Å². The molecule has 110 valence electrons. The third-order valence-electron chi connectivity index (χ3n) is 3.06. The summed E-state index contributed by atoms with van der Waals surface area (Å²) < 4.78 is 10.2. The van der Waals surface area contributed by atoms with Crippen molar-refractivity contribution in [1.29, 1.82) is 0 Å². The fraction of sp³-hybridized carbons (Fsp3) is 0.0625. The van der Waals surface area contributed by atoms with Gasteiger partial charge in [-0.2, -0.15) is 0 Å². The Morgan fingerprint density at radius 2 is 2.05 bits per heavy atom. The van der Waals surface area contributed by atoms with E-state index in [0.29, 0.717) is 22.8 Å². The number of carbonyl (C=O) groups excluding carboxylic acids is 2. The van der Waals surface area contributed by atoms with Gasteiger partial charge in [-0.05, 0) is 23.8 Å². The van der Waals surface area contributed by atoms with Crippen LogP contribution in [0.25, 0.3) is 11.0 Å². The van der Waals surface area contributed by atoms with Crippen LogP contribution in [-0.2, 0) is 11.3 Å². The number of ether oxygens (including phenoxy) is 1. The van der Waals surface area contributed by atoms with Crippen molar-refractivity contribution in [2.75, 3.05) is 5.32 Å². The predicted molar refractivity (Wildman–Crippen MR) is 79.6 cm³/mol. The molecule has 1 N–H and O–H groups in total. The number of nitrogens with one attached hydrogen (secondary N) is 1. The van der Waals surface area contributed by atoms with Gasteiger partial charge in [0.15, 0.2) is 11.4 Å². The zero-order valence-electron chi connectivity index (χ0n) is 11.5. The van der Waals surface area contributed by atoms with E-state index in [1.54, 1.807) is 18.2 Å². The van der Waals surface area contributed by atoms with E-state index in [-0.39, 0.29) is 12.4 Å². The van der Waals surface area contributed by atoms with Gasteiger partial charge in [-0.15, -0.1) is 0 Å². The zero-order chi connectivity index (χ0) is 15.4. The molecule has 6 nitrogen and oxygen atoms in total. The lowest BCUT2D eigenvalue weighted by Gasteiger charge is -2.05. The first-order valence-corrected chi connectivity index (χ1v) is 6.58. The van der Waals surface area contributed by atoms with E-state index in [4.69, 9.17) is 9.26 Å². The minimum atomic E-state index is -0.643. The molecule has 0 aliphatic rings. The first-order chi connectivity index (χ1) is 10.8. The lowest BCUT2D eigenvalue weighted by molar-refractivity contribution is 0.112. The SMILES string of the molecule is O=Cc1ccc2onc(NC(=O)OCc3ccccc3)c2c1. The summed E-state index contributed by atoms with van der Waals surface area (Å²) in [5, 5.41) is 6.81. The zero-order valence-corrected chi connectivity index (χ0v) is 11.5. The molecule has 0 unspecified atom stereocenters. The Kier molecular flexibility index (Phi) is 3.82. The molecule has 3 aromatic rings. The van der Waals surface area contributed by atoms with Crippen LogP contribution in [0.15, 0.2) is 53.1 Å². The average Bonchev–Trinajstić information content (AvgIpc) is 2.96. The van der Waals surface area contributed by atoms with E-state index < -0.39 is 6.09 Å². The number of hydrogen-bond donors (Lipinski definition) is 1. The van der Waals surface area contributed by atoms with Crippen molar-refractivity contribution in [3.8, 4) is 0 Å². The van der Waals surface area contributed by atoms with Crippen molar-refractivity contribution in [1.82, 2.24) is 5.16 Å². The molecule has 0 atom stereocenters. The van der Waals surface area contributed by atoms with Crippen molar-refractivity contribution in [3.63, 3.8) is 0 Å². The molecule has 1 heterocycles. The summed E-state index contributed by atoms with van der Waals surface area (Å²) in [5.41, 5.74) is 1.83. The topological polar surface area (TPSA) is 81.4 Å². The summed E-state index contributed by atoms with van der Waals surface area (Å²) in [5.74, 6) is 0.219. The number of rotatable bonds is 4. The summed E-state index contributed by atoms with van der Waals surface area (Å²) in [6.45, 7) is 0.155. The van der Waals surface area contributed by atoms with Crippen LogP contribution in [-0.4, -0.2) is 17.5 Å². The molecule has 0 saturated carbocycles. The Bertz CT molecular complexity index is 811. The number of carbonyl (C=O) groups is 2. The first kappa shape index (κ1) is 13.8. The minimum Gasteiger partial charge on any atom is -0.444 e. The van der Waals surface area contributed by atoms with Crippen LogP contribution in [0.3, 0.4) is 0 Å². The molecule has 0 aliphatic heterocycles. The van der Waals surface area contributed by atoms with Crippen LogP contribution in [0, 0.1) is 0 Å². The smallest absolute Gasteiger partial charge is 0.413 e. The van der Waals surface area contributed by atoms with E-state index in [1.165, 1.54) is 0 Å².